The normalized spacial score (nSPS) is 16.9. The van der Waals surface area contributed by atoms with Gasteiger partial charge in [0.2, 0.25) is 11.8 Å². The molecule has 144 valence electrons. The molecule has 28 heavy (non-hydrogen) atoms. The fourth-order valence-electron chi connectivity index (χ4n) is 3.36. The van der Waals surface area contributed by atoms with Crippen LogP contribution in [0.25, 0.3) is 10.9 Å². The van der Waals surface area contributed by atoms with E-state index in [1.165, 1.54) is 6.26 Å². The number of fused-ring (bicyclic) bond motifs is 1. The van der Waals surface area contributed by atoms with Crippen LogP contribution in [0.2, 0.25) is 0 Å². The van der Waals surface area contributed by atoms with Crippen LogP contribution in [0.4, 0.5) is 0 Å². The molecule has 3 heterocycles. The van der Waals surface area contributed by atoms with Crippen molar-refractivity contribution >= 4 is 22.7 Å². The molecule has 8 nitrogen and oxygen atoms in total. The van der Waals surface area contributed by atoms with Gasteiger partial charge >= 0.3 is 0 Å². The minimum absolute atomic E-state index is 0.0763. The molecule has 1 aromatic carbocycles. The summed E-state index contributed by atoms with van der Waals surface area (Å²) in [6, 6.07) is 9.48. The molecular weight excluding hydrogens is 360 g/mol. The first-order valence-electron chi connectivity index (χ1n) is 9.11. The second-order valence-corrected chi connectivity index (χ2v) is 6.74. The zero-order chi connectivity index (χ0) is 19.5. The average molecular weight is 380 g/mol. The molecule has 1 fully saturated rings. The molecule has 4 rings (SSSR count). The lowest BCUT2D eigenvalue weighted by atomic mass is 9.97. The number of carbonyl (C=O) groups is 2. The Balaban J connectivity index is 1.43. The van der Waals surface area contributed by atoms with Gasteiger partial charge in [-0.05, 0) is 25.0 Å². The van der Waals surface area contributed by atoms with E-state index in [4.69, 9.17) is 14.9 Å². The minimum Gasteiger partial charge on any atom is -0.482 e. The van der Waals surface area contributed by atoms with Gasteiger partial charge in [0.25, 0.3) is 5.91 Å². The molecule has 0 saturated carbocycles. The van der Waals surface area contributed by atoms with Crippen LogP contribution in [-0.4, -0.2) is 39.8 Å². The SMILES string of the molecule is NC(=O)C1CCCN(C(=O)c2coc(COc3cccc4cccnc34)n2)C1. The van der Waals surface area contributed by atoms with Crippen molar-refractivity contribution in [1.82, 2.24) is 14.9 Å². The van der Waals surface area contributed by atoms with E-state index >= 15 is 0 Å². The predicted octanol–water partition coefficient (Wildman–Crippen LogP) is 2.14. The molecule has 1 aliphatic rings. The molecule has 2 amide bonds. The number of para-hydroxylation sites is 1. The summed E-state index contributed by atoms with van der Waals surface area (Å²) in [6.07, 6.45) is 4.46. The van der Waals surface area contributed by atoms with Crippen molar-refractivity contribution in [2.24, 2.45) is 11.7 Å². The van der Waals surface area contributed by atoms with Crippen LogP contribution in [0.15, 0.2) is 47.2 Å². The van der Waals surface area contributed by atoms with Crippen LogP contribution in [0.1, 0.15) is 29.2 Å². The lowest BCUT2D eigenvalue weighted by molar-refractivity contribution is -0.123. The number of primary amides is 1. The molecule has 1 unspecified atom stereocenters. The first kappa shape index (κ1) is 18.0. The topological polar surface area (TPSA) is 112 Å². The number of likely N-dealkylation sites (tertiary alicyclic amines) is 1. The summed E-state index contributed by atoms with van der Waals surface area (Å²) in [5, 5.41) is 0.970. The van der Waals surface area contributed by atoms with Crippen molar-refractivity contribution < 1.29 is 18.7 Å². The van der Waals surface area contributed by atoms with Gasteiger partial charge in [-0.3, -0.25) is 14.6 Å². The van der Waals surface area contributed by atoms with Gasteiger partial charge in [-0.15, -0.1) is 0 Å². The second kappa shape index (κ2) is 7.67. The number of piperidine rings is 1. The van der Waals surface area contributed by atoms with Gasteiger partial charge in [0.05, 0.1) is 5.92 Å². The van der Waals surface area contributed by atoms with E-state index in [-0.39, 0.29) is 30.0 Å². The number of hydrogen-bond acceptors (Lipinski definition) is 6. The number of carbonyl (C=O) groups excluding carboxylic acids is 2. The molecule has 1 aliphatic heterocycles. The number of hydrogen-bond donors (Lipinski definition) is 1. The zero-order valence-corrected chi connectivity index (χ0v) is 15.2. The number of nitrogens with zero attached hydrogens (tertiary/aromatic N) is 3. The van der Waals surface area contributed by atoms with E-state index < -0.39 is 0 Å². The van der Waals surface area contributed by atoms with Gasteiger partial charge in [-0.25, -0.2) is 4.98 Å². The van der Waals surface area contributed by atoms with E-state index in [0.29, 0.717) is 31.2 Å². The maximum absolute atomic E-state index is 12.6. The summed E-state index contributed by atoms with van der Waals surface area (Å²) < 4.78 is 11.2. The number of amides is 2. The summed E-state index contributed by atoms with van der Waals surface area (Å²) in [6.45, 7) is 0.963. The molecule has 2 N–H and O–H groups in total. The van der Waals surface area contributed by atoms with Crippen LogP contribution in [0, 0.1) is 5.92 Å². The van der Waals surface area contributed by atoms with Crippen LogP contribution < -0.4 is 10.5 Å². The van der Waals surface area contributed by atoms with Crippen molar-refractivity contribution in [2.75, 3.05) is 13.1 Å². The Kier molecular flexibility index (Phi) is 4.92. The highest BCUT2D eigenvalue weighted by molar-refractivity contribution is 5.92. The van der Waals surface area contributed by atoms with Crippen molar-refractivity contribution in [3.63, 3.8) is 0 Å². The smallest absolute Gasteiger partial charge is 0.275 e. The molecule has 0 aliphatic carbocycles. The second-order valence-electron chi connectivity index (χ2n) is 6.74. The molecule has 1 atom stereocenters. The monoisotopic (exact) mass is 380 g/mol. The number of aromatic nitrogens is 2. The summed E-state index contributed by atoms with van der Waals surface area (Å²) in [7, 11) is 0. The summed E-state index contributed by atoms with van der Waals surface area (Å²) in [5.41, 5.74) is 6.32. The van der Waals surface area contributed by atoms with Crippen LogP contribution in [-0.2, 0) is 11.4 Å². The molecule has 3 aromatic rings. The number of nitrogens with two attached hydrogens (primary N) is 1. The van der Waals surface area contributed by atoms with Gasteiger partial charge in [0.1, 0.15) is 17.5 Å². The van der Waals surface area contributed by atoms with E-state index in [1.807, 2.05) is 30.3 Å². The number of benzene rings is 1. The summed E-state index contributed by atoms with van der Waals surface area (Å²) in [4.78, 5) is 34.2. The number of ether oxygens (including phenoxy) is 1. The molecule has 0 bridgehead atoms. The molecule has 0 spiro atoms. The molecular formula is C20H20N4O4. The van der Waals surface area contributed by atoms with E-state index in [9.17, 15) is 9.59 Å². The molecule has 0 radical (unpaired) electrons. The summed E-state index contributed by atoms with van der Waals surface area (Å²) in [5.74, 6) is -0.0567. The maximum atomic E-state index is 12.6. The van der Waals surface area contributed by atoms with Gasteiger partial charge in [-0.1, -0.05) is 18.2 Å². The Hall–Kier alpha value is -3.42. The van der Waals surface area contributed by atoms with Gasteiger partial charge in [0.15, 0.2) is 12.3 Å². The molecule has 8 heteroatoms. The lowest BCUT2D eigenvalue weighted by Crippen LogP contribution is -2.44. The van der Waals surface area contributed by atoms with Crippen LogP contribution in [0.3, 0.4) is 0 Å². The van der Waals surface area contributed by atoms with Crippen LogP contribution in [0.5, 0.6) is 5.75 Å². The van der Waals surface area contributed by atoms with E-state index in [1.54, 1.807) is 11.1 Å². The third-order valence-electron chi connectivity index (χ3n) is 4.83. The Bertz CT molecular complexity index is 1010. The van der Waals surface area contributed by atoms with Gasteiger partial charge < -0.3 is 19.8 Å². The van der Waals surface area contributed by atoms with Gasteiger partial charge in [-0.2, -0.15) is 0 Å². The van der Waals surface area contributed by atoms with Gasteiger partial charge in [0, 0.05) is 24.7 Å². The fraction of sp³-hybridized carbons (Fsp3) is 0.300. The largest absolute Gasteiger partial charge is 0.482 e. The highest BCUT2D eigenvalue weighted by Gasteiger charge is 2.29. The first-order valence-corrected chi connectivity index (χ1v) is 9.11. The van der Waals surface area contributed by atoms with Crippen molar-refractivity contribution in [2.45, 2.75) is 19.4 Å². The zero-order valence-electron chi connectivity index (χ0n) is 15.2. The fourth-order valence-corrected chi connectivity index (χ4v) is 3.36. The maximum Gasteiger partial charge on any atom is 0.275 e. The third kappa shape index (κ3) is 3.66. The van der Waals surface area contributed by atoms with Crippen molar-refractivity contribution in [1.29, 1.82) is 0 Å². The number of oxazole rings is 1. The Morgan fingerprint density at radius 1 is 1.29 bits per heavy atom. The Labute approximate surface area is 161 Å². The van der Waals surface area contributed by atoms with E-state index in [0.717, 1.165) is 17.3 Å². The van der Waals surface area contributed by atoms with Crippen LogP contribution >= 0.6 is 0 Å². The number of pyridine rings is 1. The van der Waals surface area contributed by atoms with Crippen molar-refractivity contribution in [3.05, 3.63) is 54.4 Å². The first-order chi connectivity index (χ1) is 13.6. The van der Waals surface area contributed by atoms with E-state index in [2.05, 4.69) is 9.97 Å². The minimum atomic E-state index is -0.379. The highest BCUT2D eigenvalue weighted by Crippen LogP contribution is 2.24. The Morgan fingerprint density at radius 3 is 3.00 bits per heavy atom. The molecule has 1 saturated heterocycles. The molecule has 2 aromatic heterocycles. The average Bonchev–Trinajstić information content (AvgIpc) is 3.20. The summed E-state index contributed by atoms with van der Waals surface area (Å²) >= 11 is 0. The van der Waals surface area contributed by atoms with Crippen molar-refractivity contribution in [3.8, 4) is 5.75 Å². The third-order valence-corrected chi connectivity index (χ3v) is 4.83. The Morgan fingerprint density at radius 2 is 2.14 bits per heavy atom. The predicted molar refractivity (Wildman–Crippen MR) is 100 cm³/mol. The lowest BCUT2D eigenvalue weighted by Gasteiger charge is -2.30. The highest BCUT2D eigenvalue weighted by atomic mass is 16.5. The quantitative estimate of drug-likeness (QED) is 0.726. The number of rotatable bonds is 5. The standard InChI is InChI=1S/C20H20N4O4/c21-19(25)14-6-3-9-24(10-14)20(26)15-11-28-17(23-15)12-27-16-7-1-4-13-5-2-8-22-18(13)16/h1-2,4-5,7-8,11,14H,3,6,9-10,12H2,(H2,21,25).